The van der Waals surface area contributed by atoms with Crippen molar-refractivity contribution < 1.29 is 4.79 Å². The normalized spacial score (nSPS) is 35.2. The van der Waals surface area contributed by atoms with Crippen LogP contribution in [0.15, 0.2) is 30.1 Å². The predicted molar refractivity (Wildman–Crippen MR) is 88.2 cm³/mol. The van der Waals surface area contributed by atoms with E-state index in [0.717, 1.165) is 17.8 Å². The molecule has 4 saturated carbocycles. The molecule has 0 radical (unpaired) electrons. The summed E-state index contributed by atoms with van der Waals surface area (Å²) in [4.78, 5) is 20.3. The van der Waals surface area contributed by atoms with Gasteiger partial charge in [0.1, 0.15) is 0 Å². The molecular formula is C18H24N4O. The zero-order chi connectivity index (χ0) is 15.9. The predicted octanol–water partition coefficient (Wildman–Crippen LogP) is 3.08. The van der Waals surface area contributed by atoms with Gasteiger partial charge in [0, 0.05) is 18.5 Å². The molecule has 23 heavy (non-hydrogen) atoms. The molecule has 1 aromatic heterocycles. The van der Waals surface area contributed by atoms with Gasteiger partial charge in [-0.3, -0.25) is 15.6 Å². The molecule has 4 fully saturated rings. The van der Waals surface area contributed by atoms with E-state index in [9.17, 15) is 4.79 Å². The SMILES string of the molecule is CC(=CC(=O)NNc1ncccn1)C12CC3CC(CC(C3)C1)C2. The fourth-order valence-electron chi connectivity index (χ4n) is 5.46. The Morgan fingerprint density at radius 1 is 1.13 bits per heavy atom. The molecule has 5 rings (SSSR count). The van der Waals surface area contributed by atoms with Crippen molar-refractivity contribution >= 4 is 11.9 Å². The maximum atomic E-state index is 12.2. The van der Waals surface area contributed by atoms with Crippen molar-refractivity contribution in [1.29, 1.82) is 0 Å². The molecule has 0 aliphatic heterocycles. The third-order valence-electron chi connectivity index (χ3n) is 6.09. The summed E-state index contributed by atoms with van der Waals surface area (Å²) < 4.78 is 0. The molecule has 0 spiro atoms. The molecule has 2 N–H and O–H groups in total. The molecule has 1 heterocycles. The van der Waals surface area contributed by atoms with Crippen LogP contribution in [-0.4, -0.2) is 15.9 Å². The second kappa shape index (κ2) is 5.62. The van der Waals surface area contributed by atoms with E-state index < -0.39 is 0 Å². The van der Waals surface area contributed by atoms with Crippen LogP contribution in [0.4, 0.5) is 5.95 Å². The second-order valence-electron chi connectivity index (χ2n) is 7.71. The average molecular weight is 312 g/mol. The third-order valence-corrected chi connectivity index (χ3v) is 6.09. The van der Waals surface area contributed by atoms with Gasteiger partial charge in [-0.05, 0) is 74.7 Å². The molecular weight excluding hydrogens is 288 g/mol. The van der Waals surface area contributed by atoms with E-state index in [1.165, 1.54) is 44.1 Å². The first kappa shape index (κ1) is 14.7. The van der Waals surface area contributed by atoms with Crippen molar-refractivity contribution in [3.8, 4) is 0 Å². The first-order valence-corrected chi connectivity index (χ1v) is 8.65. The summed E-state index contributed by atoms with van der Waals surface area (Å²) in [7, 11) is 0. The van der Waals surface area contributed by atoms with E-state index in [4.69, 9.17) is 0 Å². The van der Waals surface area contributed by atoms with Crippen LogP contribution in [0.2, 0.25) is 0 Å². The molecule has 4 aliphatic rings. The molecule has 0 unspecified atom stereocenters. The summed E-state index contributed by atoms with van der Waals surface area (Å²) in [5, 5.41) is 0. The lowest BCUT2D eigenvalue weighted by molar-refractivity contribution is -0.116. The van der Waals surface area contributed by atoms with Crippen molar-refractivity contribution in [2.45, 2.75) is 45.4 Å². The Bertz CT molecular complexity index is 590. The van der Waals surface area contributed by atoms with Gasteiger partial charge in [-0.2, -0.15) is 0 Å². The lowest BCUT2D eigenvalue weighted by Crippen LogP contribution is -2.46. The highest BCUT2D eigenvalue weighted by Crippen LogP contribution is 2.62. The summed E-state index contributed by atoms with van der Waals surface area (Å²) >= 11 is 0. The van der Waals surface area contributed by atoms with E-state index in [1.807, 2.05) is 0 Å². The minimum atomic E-state index is -0.120. The zero-order valence-corrected chi connectivity index (χ0v) is 13.6. The van der Waals surface area contributed by atoms with Crippen LogP contribution in [0, 0.1) is 23.2 Å². The number of carbonyl (C=O) groups is 1. The number of rotatable bonds is 4. The summed E-state index contributed by atoms with van der Waals surface area (Å²) in [5.41, 5.74) is 6.97. The second-order valence-corrected chi connectivity index (χ2v) is 7.71. The number of anilines is 1. The number of carbonyl (C=O) groups excluding carboxylic acids is 1. The van der Waals surface area contributed by atoms with Gasteiger partial charge in [0.25, 0.3) is 5.91 Å². The van der Waals surface area contributed by atoms with Gasteiger partial charge in [0.2, 0.25) is 5.95 Å². The average Bonchev–Trinajstić information content (AvgIpc) is 2.52. The van der Waals surface area contributed by atoms with Crippen molar-refractivity contribution in [2.24, 2.45) is 23.2 Å². The van der Waals surface area contributed by atoms with Gasteiger partial charge in [0.05, 0.1) is 0 Å². The standard InChI is InChI=1S/C18H24N4O/c1-12(5-16(23)21-22-17-19-3-2-4-20-17)18-9-13-6-14(10-18)8-15(7-13)11-18/h2-5,13-15H,6-11H2,1H3,(H,21,23)(H,19,20,22). The molecule has 0 saturated heterocycles. The number of nitrogens with one attached hydrogen (secondary N) is 2. The van der Waals surface area contributed by atoms with Crippen molar-refractivity contribution in [3.05, 3.63) is 30.1 Å². The van der Waals surface area contributed by atoms with Crippen LogP contribution in [0.3, 0.4) is 0 Å². The first-order chi connectivity index (χ1) is 11.1. The monoisotopic (exact) mass is 312 g/mol. The van der Waals surface area contributed by atoms with E-state index in [1.54, 1.807) is 24.5 Å². The van der Waals surface area contributed by atoms with Gasteiger partial charge in [-0.15, -0.1) is 0 Å². The van der Waals surface area contributed by atoms with Crippen LogP contribution >= 0.6 is 0 Å². The van der Waals surface area contributed by atoms with E-state index in [-0.39, 0.29) is 11.3 Å². The highest BCUT2D eigenvalue weighted by Gasteiger charge is 2.51. The zero-order valence-electron chi connectivity index (χ0n) is 13.6. The molecule has 4 aliphatic carbocycles. The fourth-order valence-corrected chi connectivity index (χ4v) is 5.46. The number of allylic oxidation sites excluding steroid dienone is 1. The maximum absolute atomic E-state index is 12.2. The van der Waals surface area contributed by atoms with Gasteiger partial charge in [-0.1, -0.05) is 5.57 Å². The third kappa shape index (κ3) is 2.84. The van der Waals surface area contributed by atoms with E-state index >= 15 is 0 Å². The molecule has 4 bridgehead atoms. The Kier molecular flexibility index (Phi) is 3.58. The smallest absolute Gasteiger partial charge is 0.262 e. The largest absolute Gasteiger partial charge is 0.268 e. The van der Waals surface area contributed by atoms with Crippen molar-refractivity contribution in [3.63, 3.8) is 0 Å². The Morgan fingerprint density at radius 3 is 2.26 bits per heavy atom. The number of hydrogen-bond acceptors (Lipinski definition) is 4. The maximum Gasteiger partial charge on any atom is 0.262 e. The van der Waals surface area contributed by atoms with Gasteiger partial charge < -0.3 is 0 Å². The van der Waals surface area contributed by atoms with E-state index in [2.05, 4.69) is 27.7 Å². The highest BCUT2D eigenvalue weighted by atomic mass is 16.2. The molecule has 1 aromatic rings. The van der Waals surface area contributed by atoms with Crippen LogP contribution in [-0.2, 0) is 4.79 Å². The lowest BCUT2D eigenvalue weighted by Gasteiger charge is -2.57. The molecule has 0 aromatic carbocycles. The molecule has 5 nitrogen and oxygen atoms in total. The van der Waals surface area contributed by atoms with Crippen LogP contribution in [0.25, 0.3) is 0 Å². The molecule has 0 atom stereocenters. The molecule has 122 valence electrons. The number of hydrazine groups is 1. The van der Waals surface area contributed by atoms with Gasteiger partial charge in [-0.25, -0.2) is 9.97 Å². The number of nitrogens with zero attached hydrogens (tertiary/aromatic N) is 2. The summed E-state index contributed by atoms with van der Waals surface area (Å²) in [6, 6.07) is 1.74. The van der Waals surface area contributed by atoms with Gasteiger partial charge >= 0.3 is 0 Å². The number of hydrogen-bond donors (Lipinski definition) is 2. The fraction of sp³-hybridized carbons (Fsp3) is 0.611. The Morgan fingerprint density at radius 2 is 1.70 bits per heavy atom. The number of aromatic nitrogens is 2. The quantitative estimate of drug-likeness (QED) is 0.662. The summed E-state index contributed by atoms with van der Waals surface area (Å²) in [5.74, 6) is 2.96. The van der Waals surface area contributed by atoms with Crippen LogP contribution in [0.1, 0.15) is 45.4 Å². The highest BCUT2D eigenvalue weighted by molar-refractivity contribution is 5.89. The summed E-state index contributed by atoms with van der Waals surface area (Å²) in [6.45, 7) is 2.14. The van der Waals surface area contributed by atoms with Crippen molar-refractivity contribution in [1.82, 2.24) is 15.4 Å². The Hall–Kier alpha value is -1.91. The lowest BCUT2D eigenvalue weighted by atomic mass is 9.48. The minimum absolute atomic E-state index is 0.120. The van der Waals surface area contributed by atoms with Crippen molar-refractivity contribution in [2.75, 3.05) is 5.43 Å². The molecule has 5 heteroatoms. The van der Waals surface area contributed by atoms with Crippen LogP contribution < -0.4 is 10.9 Å². The Labute approximate surface area is 137 Å². The molecule has 1 amide bonds. The minimum Gasteiger partial charge on any atom is -0.268 e. The Balaban J connectivity index is 1.43. The first-order valence-electron chi connectivity index (χ1n) is 8.65. The van der Waals surface area contributed by atoms with Crippen LogP contribution in [0.5, 0.6) is 0 Å². The number of amides is 1. The van der Waals surface area contributed by atoms with E-state index in [0.29, 0.717) is 5.95 Å². The topological polar surface area (TPSA) is 66.9 Å². The summed E-state index contributed by atoms with van der Waals surface area (Å²) in [6.07, 6.45) is 13.2. The van der Waals surface area contributed by atoms with Gasteiger partial charge in [0.15, 0.2) is 0 Å².